The number of aryl methyl sites for hydroxylation is 6. The summed E-state index contributed by atoms with van der Waals surface area (Å²) in [6.45, 7) is 22.9. The normalized spacial score (nSPS) is 14.7. The summed E-state index contributed by atoms with van der Waals surface area (Å²) in [7, 11) is 3.42. The van der Waals surface area contributed by atoms with Crippen molar-refractivity contribution in [1.82, 2.24) is 9.80 Å². The molecule has 0 atom stereocenters. The number of benzene rings is 2. The van der Waals surface area contributed by atoms with Gasteiger partial charge in [0.25, 0.3) is 0 Å². The summed E-state index contributed by atoms with van der Waals surface area (Å²) in [5, 5.41) is 0. The number of methoxy groups -OCH3 is 2. The summed E-state index contributed by atoms with van der Waals surface area (Å²) >= 11 is 0. The first-order valence-electron chi connectivity index (χ1n) is 12.8. The monoisotopic (exact) mass is 594 g/mol. The van der Waals surface area contributed by atoms with Gasteiger partial charge in [-0.2, -0.15) is 13.3 Å². The zero-order valence-electron chi connectivity index (χ0n) is 23.8. The Bertz CT molecular complexity index is 917. The van der Waals surface area contributed by atoms with E-state index in [0.717, 1.165) is 39.4 Å². The van der Waals surface area contributed by atoms with Crippen LogP contribution in [-0.4, -0.2) is 63.4 Å². The predicted octanol–water partition coefficient (Wildman–Crippen LogP) is 5.47. The largest absolute Gasteiger partial charge is 2.00 e. The van der Waals surface area contributed by atoms with E-state index in [0.29, 0.717) is 0 Å². The molecule has 7 heteroatoms. The van der Waals surface area contributed by atoms with Crippen LogP contribution in [0.3, 0.4) is 0 Å². The van der Waals surface area contributed by atoms with Crippen LogP contribution in [0.4, 0.5) is 11.4 Å². The van der Waals surface area contributed by atoms with Gasteiger partial charge in [-0.1, -0.05) is 35.4 Å². The van der Waals surface area contributed by atoms with Crippen LogP contribution >= 0.6 is 0 Å². The van der Waals surface area contributed by atoms with Crippen LogP contribution in [0.2, 0.25) is 0 Å². The van der Waals surface area contributed by atoms with Gasteiger partial charge in [-0.3, -0.25) is 0 Å². The summed E-state index contributed by atoms with van der Waals surface area (Å²) < 4.78 is 9.96. The number of nitrogens with zero attached hydrogens (tertiary/aromatic N) is 4. The maximum atomic E-state index is 4.98. The predicted molar refractivity (Wildman–Crippen MR) is 151 cm³/mol. The molecule has 0 aromatic heterocycles. The molecule has 4 rings (SSSR count). The van der Waals surface area contributed by atoms with Crippen LogP contribution in [0.15, 0.2) is 36.7 Å². The molecule has 6 nitrogen and oxygen atoms in total. The Morgan fingerprint density at radius 2 is 0.973 bits per heavy atom. The molecule has 1 fully saturated rings. The number of hydrogen-bond donors (Lipinski definition) is 0. The summed E-state index contributed by atoms with van der Waals surface area (Å²) in [4.78, 5) is 9.00. The Labute approximate surface area is 238 Å². The van der Waals surface area contributed by atoms with E-state index < -0.39 is 0 Å². The molecule has 0 saturated carbocycles. The van der Waals surface area contributed by atoms with Crippen molar-refractivity contribution in [3.05, 3.63) is 83.4 Å². The standard InChI is InChI=1S/C21H27N2.C9H17N2O2.Ru/c1-14-9-16(3)20(17(4)10-14)22-7-8-23(13-22)21-18(5)11-15(2)12-19(21)6;1-12-7-5-10-3-4-11(9-10)6-8-13-2;/h9-13H,7-8H2,1-6H3;3-4,9H,5-8H2,1-2H3;/q2*-1;+2. The quantitative estimate of drug-likeness (QED) is 0.298. The van der Waals surface area contributed by atoms with E-state index in [9.17, 15) is 0 Å². The van der Waals surface area contributed by atoms with E-state index in [4.69, 9.17) is 9.47 Å². The van der Waals surface area contributed by atoms with Crippen LogP contribution in [0.5, 0.6) is 0 Å². The average Bonchev–Trinajstić information content (AvgIpc) is 3.45. The molecule has 2 heterocycles. The second kappa shape index (κ2) is 14.8. The van der Waals surface area contributed by atoms with Crippen molar-refractivity contribution in [3.8, 4) is 0 Å². The third-order valence-corrected chi connectivity index (χ3v) is 6.56. The summed E-state index contributed by atoms with van der Waals surface area (Å²) in [6.07, 6.45) is 4.07. The van der Waals surface area contributed by atoms with Crippen molar-refractivity contribution in [2.24, 2.45) is 0 Å². The first kappa shape index (κ1) is 31.1. The molecule has 0 aliphatic carbocycles. The maximum Gasteiger partial charge on any atom is 2.00 e. The van der Waals surface area contributed by atoms with Crippen molar-refractivity contribution in [1.29, 1.82) is 0 Å². The summed E-state index contributed by atoms with van der Waals surface area (Å²) in [5.74, 6) is 0. The van der Waals surface area contributed by atoms with Gasteiger partial charge in [0.15, 0.2) is 0 Å². The van der Waals surface area contributed by atoms with Crippen molar-refractivity contribution in [2.75, 3.05) is 63.4 Å². The fourth-order valence-corrected chi connectivity index (χ4v) is 5.19. The third kappa shape index (κ3) is 8.46. The number of ether oxygens (including phenoxy) is 2. The van der Waals surface area contributed by atoms with E-state index in [-0.39, 0.29) is 19.5 Å². The van der Waals surface area contributed by atoms with Gasteiger partial charge >= 0.3 is 19.5 Å². The van der Waals surface area contributed by atoms with E-state index in [2.05, 4.69) is 98.7 Å². The van der Waals surface area contributed by atoms with Crippen LogP contribution in [0.1, 0.15) is 33.4 Å². The van der Waals surface area contributed by atoms with Crippen molar-refractivity contribution < 1.29 is 29.0 Å². The molecule has 37 heavy (non-hydrogen) atoms. The molecular formula is C30H44N4O2Ru. The zero-order valence-corrected chi connectivity index (χ0v) is 25.6. The maximum absolute atomic E-state index is 4.98. The van der Waals surface area contributed by atoms with Gasteiger partial charge in [-0.05, 0) is 76.2 Å². The number of rotatable bonds is 8. The van der Waals surface area contributed by atoms with Gasteiger partial charge in [0.1, 0.15) is 0 Å². The Morgan fingerprint density at radius 1 is 0.622 bits per heavy atom. The number of anilines is 2. The smallest absolute Gasteiger partial charge is 0.506 e. The van der Waals surface area contributed by atoms with Crippen LogP contribution < -0.4 is 9.80 Å². The van der Waals surface area contributed by atoms with E-state index >= 15 is 0 Å². The molecule has 0 radical (unpaired) electrons. The molecule has 2 aromatic carbocycles. The fraction of sp³-hybridized carbons (Fsp3) is 0.467. The first-order valence-corrected chi connectivity index (χ1v) is 12.8. The SMILES string of the molecule is COCCN1C=CN(CCOC)[CH-]1.Cc1cc(C)c(N2[CH-]N(c3c(C)cc(C)cc3C)CC2)c(C)c1.[Ru+2]. The fourth-order valence-electron chi connectivity index (χ4n) is 5.19. The van der Waals surface area contributed by atoms with Gasteiger partial charge < -0.3 is 29.1 Å². The minimum atomic E-state index is 0. The van der Waals surface area contributed by atoms with Gasteiger partial charge in [0, 0.05) is 51.8 Å². The first-order chi connectivity index (χ1) is 17.2. The third-order valence-electron chi connectivity index (χ3n) is 6.56. The molecule has 0 spiro atoms. The van der Waals surface area contributed by atoms with Gasteiger partial charge in [0.05, 0.1) is 13.2 Å². The average molecular weight is 594 g/mol. The van der Waals surface area contributed by atoms with Gasteiger partial charge in [-0.25, -0.2) is 0 Å². The minimum absolute atomic E-state index is 0. The van der Waals surface area contributed by atoms with Crippen LogP contribution in [0, 0.1) is 54.9 Å². The van der Waals surface area contributed by atoms with Crippen molar-refractivity contribution in [3.63, 3.8) is 0 Å². The molecule has 2 aliphatic heterocycles. The second-order valence-electron chi connectivity index (χ2n) is 9.87. The van der Waals surface area contributed by atoms with Gasteiger partial charge in [0.2, 0.25) is 0 Å². The van der Waals surface area contributed by atoms with Crippen molar-refractivity contribution >= 4 is 11.4 Å². The van der Waals surface area contributed by atoms with Crippen LogP contribution in [-0.2, 0) is 29.0 Å². The molecule has 0 bridgehead atoms. The Morgan fingerprint density at radius 3 is 1.30 bits per heavy atom. The van der Waals surface area contributed by atoms with E-state index in [1.807, 2.05) is 12.4 Å². The Kier molecular flexibility index (Phi) is 12.4. The molecular weight excluding hydrogens is 549 g/mol. The van der Waals surface area contributed by atoms with Crippen LogP contribution in [0.25, 0.3) is 0 Å². The van der Waals surface area contributed by atoms with E-state index in [1.54, 1.807) is 14.2 Å². The van der Waals surface area contributed by atoms with Crippen molar-refractivity contribution in [2.45, 2.75) is 41.5 Å². The minimum Gasteiger partial charge on any atom is -0.506 e. The molecule has 0 unspecified atom stereocenters. The topological polar surface area (TPSA) is 31.4 Å². The molecule has 204 valence electrons. The van der Waals surface area contributed by atoms with E-state index in [1.165, 1.54) is 44.8 Å². The summed E-state index contributed by atoms with van der Waals surface area (Å²) in [5.41, 5.74) is 10.8. The molecule has 2 aliphatic rings. The molecule has 1 saturated heterocycles. The molecule has 0 N–H and O–H groups in total. The van der Waals surface area contributed by atoms with Gasteiger partial charge in [-0.15, -0.1) is 0 Å². The molecule has 2 aromatic rings. The zero-order chi connectivity index (χ0) is 26.2. The Hall–Kier alpha value is -2.08. The molecule has 0 amide bonds. The number of hydrogen-bond acceptors (Lipinski definition) is 6. The Balaban J connectivity index is 0.000000295. The summed E-state index contributed by atoms with van der Waals surface area (Å²) in [6, 6.07) is 9.12. The second-order valence-corrected chi connectivity index (χ2v) is 9.87.